The van der Waals surface area contributed by atoms with Gasteiger partial charge in [0.25, 0.3) is 0 Å². The topological polar surface area (TPSA) is 23.6 Å². The van der Waals surface area contributed by atoms with Crippen molar-refractivity contribution >= 4 is 33.8 Å². The third-order valence-corrected chi connectivity index (χ3v) is 1.70. The zero-order valence-electron chi connectivity index (χ0n) is 3.97. The van der Waals surface area contributed by atoms with Gasteiger partial charge < -0.3 is 0 Å². The average molecular weight is 199 g/mol. The molecule has 0 aromatic carbocycles. The van der Waals surface area contributed by atoms with Gasteiger partial charge in [0.2, 0.25) is 5.91 Å². The third-order valence-electron chi connectivity index (χ3n) is 0.855. The summed E-state index contributed by atoms with van der Waals surface area (Å²) >= 11 is 8.44. The normalized spacial score (nSPS) is 22.8. The summed E-state index contributed by atoms with van der Waals surface area (Å²) in [7, 11) is 0. The molecule has 1 saturated heterocycles. The fourth-order valence-electron chi connectivity index (χ4n) is 0.487. The fraction of sp³-hybridized carbons (Fsp3) is 0.667. The van der Waals surface area contributed by atoms with Crippen molar-refractivity contribution in [3.05, 3.63) is 0 Å². The van der Waals surface area contributed by atoms with Crippen molar-refractivity contribution in [1.82, 2.24) is 8.34 Å². The molecule has 3 nitrogen and oxygen atoms in total. The van der Waals surface area contributed by atoms with Gasteiger partial charge in [-0.25, -0.2) is 0 Å². The third kappa shape index (κ3) is 1.13. The fourth-order valence-corrected chi connectivity index (χ4v) is 1.21. The molecule has 0 unspecified atom stereocenters. The van der Waals surface area contributed by atoms with Crippen LogP contribution in [0.1, 0.15) is 0 Å². The van der Waals surface area contributed by atoms with E-state index in [9.17, 15) is 4.79 Å². The van der Waals surface area contributed by atoms with Gasteiger partial charge in [-0.3, -0.25) is 8.72 Å². The largest absolute Gasteiger partial charge is 0.272 e. The molecule has 0 aliphatic carbocycles. The molecule has 0 atom stereocenters. The van der Waals surface area contributed by atoms with Crippen LogP contribution in [0.3, 0.4) is 0 Å². The summed E-state index contributed by atoms with van der Waals surface area (Å²) in [5.74, 6) is 0.000000000000000444. The van der Waals surface area contributed by atoms with Crippen molar-refractivity contribution < 1.29 is 4.79 Å². The van der Waals surface area contributed by atoms with Crippen LogP contribution in [0, 0.1) is 0 Å². The first kappa shape index (κ1) is 6.32. The Bertz CT molecular complexity index is 120. The van der Waals surface area contributed by atoms with Gasteiger partial charge in [-0.2, -0.15) is 4.42 Å². The number of carbonyl (C=O) groups is 1. The lowest BCUT2D eigenvalue weighted by Gasteiger charge is -2.01. The Kier molecular flexibility index (Phi) is 1.74. The quantitative estimate of drug-likeness (QED) is 0.532. The smallest absolute Gasteiger partial charge is 0.249 e. The zero-order valence-corrected chi connectivity index (χ0v) is 6.31. The predicted molar refractivity (Wildman–Crippen MR) is 33.2 cm³/mol. The lowest BCUT2D eigenvalue weighted by Crippen LogP contribution is -2.12. The van der Waals surface area contributed by atoms with Crippen LogP contribution in [0.2, 0.25) is 0 Å². The average Bonchev–Trinajstić information content (AvgIpc) is 1.85. The maximum Gasteiger partial charge on any atom is 0.249 e. The number of hydrogen-bond donors (Lipinski definition) is 0. The van der Waals surface area contributed by atoms with E-state index >= 15 is 0 Å². The summed E-state index contributed by atoms with van der Waals surface area (Å²) < 4.78 is 2.79. The molecule has 46 valence electrons. The van der Waals surface area contributed by atoms with Gasteiger partial charge in [-0.05, 0) is 11.8 Å². The molecule has 0 spiro atoms. The van der Waals surface area contributed by atoms with Crippen LogP contribution in [0.15, 0.2) is 0 Å². The Morgan fingerprint density at radius 2 is 2.38 bits per heavy atom. The van der Waals surface area contributed by atoms with Gasteiger partial charge in [0.15, 0.2) is 0 Å². The second-order valence-corrected chi connectivity index (χ2v) is 2.85. The summed E-state index contributed by atoms with van der Waals surface area (Å²) in [6.45, 7) is 0.757. The van der Waals surface area contributed by atoms with Crippen LogP contribution in [0.5, 0.6) is 0 Å². The highest BCUT2D eigenvalue weighted by atomic mass is 79.9. The Balaban J connectivity index is 2.51. The summed E-state index contributed by atoms with van der Waals surface area (Å²) in [6.07, 6.45) is 0. The minimum Gasteiger partial charge on any atom is -0.272 e. The monoisotopic (exact) mass is 198 g/mol. The van der Waals surface area contributed by atoms with Crippen molar-refractivity contribution in [3.8, 4) is 0 Å². The van der Waals surface area contributed by atoms with E-state index in [0.29, 0.717) is 13.2 Å². The van der Waals surface area contributed by atoms with E-state index in [1.807, 2.05) is 0 Å². The molecule has 0 saturated carbocycles. The van der Waals surface area contributed by atoms with Gasteiger partial charge in [-0.1, -0.05) is 0 Å². The van der Waals surface area contributed by atoms with E-state index < -0.39 is 0 Å². The highest BCUT2D eigenvalue weighted by Gasteiger charge is 2.23. The zero-order chi connectivity index (χ0) is 6.15. The molecular weight excluding hydrogens is 195 g/mol. The van der Waals surface area contributed by atoms with Gasteiger partial charge in [0, 0.05) is 0 Å². The van der Waals surface area contributed by atoms with Crippen LogP contribution in [-0.4, -0.2) is 27.5 Å². The van der Waals surface area contributed by atoms with E-state index in [0.717, 1.165) is 0 Å². The van der Waals surface area contributed by atoms with Crippen molar-refractivity contribution in [3.63, 3.8) is 0 Å². The minimum absolute atomic E-state index is 0.000000000000000444. The molecule has 1 rings (SSSR count). The van der Waals surface area contributed by atoms with Gasteiger partial charge >= 0.3 is 0 Å². The maximum absolute atomic E-state index is 10.5. The molecule has 0 bridgehead atoms. The van der Waals surface area contributed by atoms with E-state index in [4.69, 9.17) is 11.8 Å². The molecule has 0 aromatic rings. The summed E-state index contributed by atoms with van der Waals surface area (Å²) in [5.41, 5.74) is 0. The second-order valence-electron chi connectivity index (χ2n) is 1.52. The summed E-state index contributed by atoms with van der Waals surface area (Å²) in [5, 5.41) is 0. The Morgan fingerprint density at radius 3 is 2.50 bits per heavy atom. The van der Waals surface area contributed by atoms with Crippen molar-refractivity contribution in [2.45, 2.75) is 0 Å². The second kappa shape index (κ2) is 2.21. The predicted octanol–water partition coefficient (Wildman–Crippen LogP) is 0.552. The highest BCUT2D eigenvalue weighted by Crippen LogP contribution is 2.11. The van der Waals surface area contributed by atoms with Crippen LogP contribution >= 0.6 is 27.9 Å². The molecule has 1 heterocycles. The van der Waals surface area contributed by atoms with E-state index in [2.05, 4.69) is 16.1 Å². The van der Waals surface area contributed by atoms with Gasteiger partial charge in [-0.15, -0.1) is 0 Å². The van der Waals surface area contributed by atoms with Crippen molar-refractivity contribution in [1.29, 1.82) is 0 Å². The first-order valence-corrected chi connectivity index (χ1v) is 3.12. The van der Waals surface area contributed by atoms with Crippen molar-refractivity contribution in [2.24, 2.45) is 0 Å². The number of nitrogens with zero attached hydrogens (tertiary/aromatic N) is 2. The Hall–Kier alpha value is 0.200. The number of carbonyl (C=O) groups excluding carboxylic acids is 1. The standard InChI is InChI=1S/C3H4BrClN2O/c4-7-2-6(5)1-3(7)8/h1-2H2. The molecule has 1 fully saturated rings. The van der Waals surface area contributed by atoms with Gasteiger partial charge in [0.05, 0.1) is 29.4 Å². The lowest BCUT2D eigenvalue weighted by atomic mass is 10.7. The first-order chi connectivity index (χ1) is 3.70. The Morgan fingerprint density at radius 1 is 1.75 bits per heavy atom. The molecule has 0 aromatic heterocycles. The molecule has 5 heteroatoms. The van der Waals surface area contributed by atoms with E-state index in [1.165, 1.54) is 8.34 Å². The molecule has 1 aliphatic heterocycles. The van der Waals surface area contributed by atoms with Crippen LogP contribution in [0.25, 0.3) is 0 Å². The maximum atomic E-state index is 10.5. The molecule has 1 amide bonds. The molecule has 0 N–H and O–H groups in total. The minimum atomic E-state index is 0.000000000000000444. The van der Waals surface area contributed by atoms with Crippen LogP contribution < -0.4 is 0 Å². The lowest BCUT2D eigenvalue weighted by molar-refractivity contribution is -0.122. The highest BCUT2D eigenvalue weighted by molar-refractivity contribution is 9.07. The first-order valence-electron chi connectivity index (χ1n) is 2.07. The Labute approximate surface area is 60.6 Å². The molecule has 8 heavy (non-hydrogen) atoms. The molecular formula is C3H4BrClN2O. The van der Waals surface area contributed by atoms with E-state index in [1.54, 1.807) is 0 Å². The SMILES string of the molecule is O=C1CN(Cl)CN1Br. The molecule has 0 radical (unpaired) electrons. The number of rotatable bonds is 0. The van der Waals surface area contributed by atoms with Crippen LogP contribution in [0.4, 0.5) is 0 Å². The number of halogens is 2. The van der Waals surface area contributed by atoms with Crippen molar-refractivity contribution in [2.75, 3.05) is 13.2 Å². The van der Waals surface area contributed by atoms with E-state index in [-0.39, 0.29) is 5.91 Å². The summed E-state index contributed by atoms with van der Waals surface area (Å²) in [6, 6.07) is 0. The number of amides is 1. The van der Waals surface area contributed by atoms with Gasteiger partial charge in [0.1, 0.15) is 0 Å². The molecule has 1 aliphatic rings. The number of hydrogen-bond acceptors (Lipinski definition) is 2. The van der Waals surface area contributed by atoms with Crippen LogP contribution in [-0.2, 0) is 4.79 Å². The summed E-state index contributed by atoms with van der Waals surface area (Å²) in [4.78, 5) is 10.5.